The number of aryl methyl sites for hydroxylation is 1. The van der Waals surface area contributed by atoms with Gasteiger partial charge < -0.3 is 4.42 Å². The van der Waals surface area contributed by atoms with Gasteiger partial charge in [0.25, 0.3) is 0 Å². The highest BCUT2D eigenvalue weighted by molar-refractivity contribution is 5.59. The Morgan fingerprint density at radius 1 is 1.40 bits per heavy atom. The van der Waals surface area contributed by atoms with Gasteiger partial charge in [-0.25, -0.2) is 0 Å². The Labute approximate surface area is 60.7 Å². The van der Waals surface area contributed by atoms with E-state index in [4.69, 9.17) is 4.42 Å². The van der Waals surface area contributed by atoms with Crippen LogP contribution in [0.15, 0.2) is 23.6 Å². The molecule has 0 amide bonds. The molecule has 0 saturated heterocycles. The van der Waals surface area contributed by atoms with Gasteiger partial charge in [-0.15, -0.1) is 0 Å². The van der Waals surface area contributed by atoms with Crippen LogP contribution in [-0.4, -0.2) is 0 Å². The summed E-state index contributed by atoms with van der Waals surface area (Å²) < 4.78 is 5.27. The second-order valence-corrected chi connectivity index (χ2v) is 2.08. The molecule has 0 bridgehead atoms. The van der Waals surface area contributed by atoms with Gasteiger partial charge in [0.2, 0.25) is 0 Å². The van der Waals surface area contributed by atoms with E-state index in [1.807, 2.05) is 13.0 Å². The maximum Gasteiger partial charge on any atom is 0.133 e. The Morgan fingerprint density at radius 3 is 2.50 bits per heavy atom. The van der Waals surface area contributed by atoms with Gasteiger partial charge in [-0.3, -0.25) is 0 Å². The largest absolute Gasteiger partial charge is 0.461 e. The molecule has 0 unspecified atom stereocenters. The predicted molar refractivity (Wildman–Crippen MR) is 43.6 cm³/mol. The lowest BCUT2D eigenvalue weighted by Crippen LogP contribution is -1.66. The molecule has 0 spiro atoms. The smallest absolute Gasteiger partial charge is 0.133 e. The standard InChI is InChI=1S/C9H10O/c1-4-8-6-7(3)10-9(8)5-2/h4-6H,1-2H2,3H3. The van der Waals surface area contributed by atoms with Gasteiger partial charge in [0, 0.05) is 5.56 Å². The molecule has 0 aliphatic heterocycles. The first-order valence-corrected chi connectivity index (χ1v) is 3.13. The van der Waals surface area contributed by atoms with E-state index in [1.165, 1.54) is 0 Å². The average Bonchev–Trinajstić information content (AvgIpc) is 2.30. The minimum absolute atomic E-state index is 0.799. The zero-order chi connectivity index (χ0) is 7.56. The first-order chi connectivity index (χ1) is 4.77. The monoisotopic (exact) mass is 134 g/mol. The lowest BCUT2D eigenvalue weighted by atomic mass is 10.2. The van der Waals surface area contributed by atoms with Crippen LogP contribution in [0.2, 0.25) is 0 Å². The summed E-state index contributed by atoms with van der Waals surface area (Å²) in [6, 6.07) is 1.93. The van der Waals surface area contributed by atoms with E-state index >= 15 is 0 Å². The highest BCUT2D eigenvalue weighted by Gasteiger charge is 1.99. The molecule has 0 saturated carbocycles. The minimum Gasteiger partial charge on any atom is -0.461 e. The second kappa shape index (κ2) is 2.56. The maximum absolute atomic E-state index is 5.27. The molecular formula is C9H10O. The quantitative estimate of drug-likeness (QED) is 0.606. The lowest BCUT2D eigenvalue weighted by Gasteiger charge is -1.84. The van der Waals surface area contributed by atoms with E-state index in [2.05, 4.69) is 13.2 Å². The summed E-state index contributed by atoms with van der Waals surface area (Å²) in [7, 11) is 0. The molecule has 1 heterocycles. The van der Waals surface area contributed by atoms with E-state index in [1.54, 1.807) is 12.2 Å². The number of hydrogen-bond donors (Lipinski definition) is 0. The van der Waals surface area contributed by atoms with Crippen molar-refractivity contribution in [2.45, 2.75) is 6.92 Å². The van der Waals surface area contributed by atoms with Gasteiger partial charge in [0.05, 0.1) is 0 Å². The third-order valence-corrected chi connectivity index (χ3v) is 1.32. The van der Waals surface area contributed by atoms with Crippen LogP contribution in [0.3, 0.4) is 0 Å². The van der Waals surface area contributed by atoms with Crippen LogP contribution in [0, 0.1) is 6.92 Å². The van der Waals surface area contributed by atoms with Crippen molar-refractivity contribution in [3.63, 3.8) is 0 Å². The first-order valence-electron chi connectivity index (χ1n) is 3.13. The van der Waals surface area contributed by atoms with Crippen LogP contribution in [0.25, 0.3) is 12.2 Å². The molecule has 0 aromatic carbocycles. The van der Waals surface area contributed by atoms with E-state index in [9.17, 15) is 0 Å². The number of furan rings is 1. The zero-order valence-corrected chi connectivity index (χ0v) is 6.05. The molecule has 0 radical (unpaired) electrons. The van der Waals surface area contributed by atoms with Crippen molar-refractivity contribution < 1.29 is 4.42 Å². The first kappa shape index (κ1) is 6.87. The fraction of sp³-hybridized carbons (Fsp3) is 0.111. The third kappa shape index (κ3) is 1.03. The van der Waals surface area contributed by atoms with Crippen molar-refractivity contribution >= 4 is 12.2 Å². The molecule has 1 rings (SSSR count). The lowest BCUT2D eigenvalue weighted by molar-refractivity contribution is 0.524. The highest BCUT2D eigenvalue weighted by atomic mass is 16.3. The maximum atomic E-state index is 5.27. The van der Waals surface area contributed by atoms with Crippen molar-refractivity contribution in [1.29, 1.82) is 0 Å². The van der Waals surface area contributed by atoms with Gasteiger partial charge >= 0.3 is 0 Å². The van der Waals surface area contributed by atoms with Gasteiger partial charge in [0.15, 0.2) is 0 Å². The Balaban J connectivity index is 3.20. The average molecular weight is 134 g/mol. The molecule has 0 atom stereocenters. The van der Waals surface area contributed by atoms with Crippen molar-refractivity contribution in [2.24, 2.45) is 0 Å². The molecule has 52 valence electrons. The van der Waals surface area contributed by atoms with Crippen molar-refractivity contribution in [3.05, 3.63) is 36.3 Å². The Bertz CT molecular complexity index is 230. The zero-order valence-electron chi connectivity index (χ0n) is 6.05. The summed E-state index contributed by atoms with van der Waals surface area (Å²) in [5, 5.41) is 0. The Kier molecular flexibility index (Phi) is 1.76. The van der Waals surface area contributed by atoms with E-state index in [0.29, 0.717) is 0 Å². The van der Waals surface area contributed by atoms with Crippen molar-refractivity contribution in [2.75, 3.05) is 0 Å². The summed E-state index contributed by atoms with van der Waals surface area (Å²) in [6.07, 6.45) is 3.44. The Morgan fingerprint density at radius 2 is 2.10 bits per heavy atom. The van der Waals surface area contributed by atoms with Crippen LogP contribution in [0.4, 0.5) is 0 Å². The van der Waals surface area contributed by atoms with Crippen molar-refractivity contribution in [1.82, 2.24) is 0 Å². The second-order valence-electron chi connectivity index (χ2n) is 2.08. The van der Waals surface area contributed by atoms with Gasteiger partial charge in [-0.1, -0.05) is 19.2 Å². The molecule has 0 fully saturated rings. The highest BCUT2D eigenvalue weighted by Crippen LogP contribution is 2.16. The van der Waals surface area contributed by atoms with E-state index in [0.717, 1.165) is 17.1 Å². The molecule has 1 nitrogen and oxygen atoms in total. The van der Waals surface area contributed by atoms with Gasteiger partial charge in [-0.05, 0) is 19.1 Å². The molecule has 10 heavy (non-hydrogen) atoms. The fourth-order valence-corrected chi connectivity index (χ4v) is 0.871. The van der Waals surface area contributed by atoms with Crippen LogP contribution in [-0.2, 0) is 0 Å². The molecule has 1 aromatic rings. The molecule has 0 aliphatic rings. The van der Waals surface area contributed by atoms with Crippen LogP contribution < -0.4 is 0 Å². The molecule has 1 aromatic heterocycles. The molecule has 0 N–H and O–H groups in total. The number of hydrogen-bond acceptors (Lipinski definition) is 1. The summed E-state index contributed by atoms with van der Waals surface area (Å²) in [5.41, 5.74) is 1.01. The topological polar surface area (TPSA) is 13.1 Å². The van der Waals surface area contributed by atoms with Gasteiger partial charge in [-0.2, -0.15) is 0 Å². The fourth-order valence-electron chi connectivity index (χ4n) is 0.871. The predicted octanol–water partition coefficient (Wildman–Crippen LogP) is 2.87. The summed E-state index contributed by atoms with van der Waals surface area (Å²) in [5.74, 6) is 1.69. The molecular weight excluding hydrogens is 124 g/mol. The van der Waals surface area contributed by atoms with Crippen LogP contribution in [0.1, 0.15) is 17.1 Å². The van der Waals surface area contributed by atoms with E-state index < -0.39 is 0 Å². The molecule has 1 heteroatoms. The van der Waals surface area contributed by atoms with E-state index in [-0.39, 0.29) is 0 Å². The third-order valence-electron chi connectivity index (χ3n) is 1.32. The normalized spacial score (nSPS) is 9.30. The van der Waals surface area contributed by atoms with Gasteiger partial charge in [0.1, 0.15) is 11.5 Å². The Hall–Kier alpha value is -1.24. The SMILES string of the molecule is C=Cc1cc(C)oc1C=C. The number of rotatable bonds is 2. The summed E-state index contributed by atoms with van der Waals surface area (Å²) >= 11 is 0. The van der Waals surface area contributed by atoms with Crippen LogP contribution >= 0.6 is 0 Å². The summed E-state index contributed by atoms with van der Waals surface area (Å²) in [6.45, 7) is 9.16. The van der Waals surface area contributed by atoms with Crippen molar-refractivity contribution in [3.8, 4) is 0 Å². The van der Waals surface area contributed by atoms with Crippen LogP contribution in [0.5, 0.6) is 0 Å². The minimum atomic E-state index is 0.799. The summed E-state index contributed by atoms with van der Waals surface area (Å²) in [4.78, 5) is 0. The molecule has 0 aliphatic carbocycles.